The van der Waals surface area contributed by atoms with Gasteiger partial charge in [-0.2, -0.15) is 5.10 Å². The molecule has 1 aliphatic heterocycles. The number of hydrogen-bond acceptors (Lipinski definition) is 3. The van der Waals surface area contributed by atoms with Crippen molar-refractivity contribution in [3.8, 4) is 0 Å². The van der Waals surface area contributed by atoms with E-state index >= 15 is 0 Å². The molecule has 4 nitrogen and oxygen atoms in total. The van der Waals surface area contributed by atoms with Gasteiger partial charge in [-0.1, -0.05) is 19.8 Å². The first-order valence-electron chi connectivity index (χ1n) is 8.53. The van der Waals surface area contributed by atoms with E-state index in [2.05, 4.69) is 35.4 Å². The highest BCUT2D eigenvalue weighted by atomic mass is 15.3. The first-order chi connectivity index (χ1) is 10.1. The Bertz CT molecular complexity index is 475. The third-order valence-corrected chi connectivity index (χ3v) is 5.80. The molecule has 2 heterocycles. The van der Waals surface area contributed by atoms with Gasteiger partial charge < -0.3 is 5.32 Å². The van der Waals surface area contributed by atoms with Crippen LogP contribution in [0.15, 0.2) is 12.4 Å². The minimum absolute atomic E-state index is 0.281. The Hall–Kier alpha value is -0.870. The van der Waals surface area contributed by atoms with Crippen molar-refractivity contribution in [3.05, 3.63) is 18.0 Å². The van der Waals surface area contributed by atoms with Crippen molar-refractivity contribution >= 4 is 0 Å². The number of nitrogens with one attached hydrogen (secondary N) is 1. The van der Waals surface area contributed by atoms with Crippen LogP contribution in [0.5, 0.6) is 0 Å². The lowest BCUT2D eigenvalue weighted by Gasteiger charge is -2.52. The van der Waals surface area contributed by atoms with Crippen LogP contribution in [0.3, 0.4) is 0 Å². The maximum absolute atomic E-state index is 4.30. The first-order valence-corrected chi connectivity index (χ1v) is 8.53. The first kappa shape index (κ1) is 15.0. The molecule has 0 bridgehead atoms. The van der Waals surface area contributed by atoms with Gasteiger partial charge >= 0.3 is 0 Å². The average Bonchev–Trinajstić information content (AvgIpc) is 3.11. The molecule has 1 unspecified atom stereocenters. The molecule has 1 saturated heterocycles. The number of aryl methyl sites for hydroxylation is 1. The zero-order valence-electron chi connectivity index (χ0n) is 13.9. The molecule has 0 aromatic carbocycles. The summed E-state index contributed by atoms with van der Waals surface area (Å²) in [5.41, 5.74) is 2.07. The predicted octanol–water partition coefficient (Wildman–Crippen LogP) is 2.35. The SMILES string of the molecule is CCC1(C)CN(CCc2cnn(C)c2)C2(CCCC2)CN1. The van der Waals surface area contributed by atoms with Crippen LogP contribution in [0.2, 0.25) is 0 Å². The second kappa shape index (κ2) is 5.73. The quantitative estimate of drug-likeness (QED) is 0.924. The molecule has 0 radical (unpaired) electrons. The highest BCUT2D eigenvalue weighted by Crippen LogP contribution is 2.39. The third kappa shape index (κ3) is 3.02. The Balaban J connectivity index is 1.70. The fraction of sp³-hybridized carbons (Fsp3) is 0.824. The summed E-state index contributed by atoms with van der Waals surface area (Å²) in [6, 6.07) is 0. The lowest BCUT2D eigenvalue weighted by Crippen LogP contribution is -2.68. The van der Waals surface area contributed by atoms with E-state index in [4.69, 9.17) is 0 Å². The van der Waals surface area contributed by atoms with E-state index in [-0.39, 0.29) is 5.54 Å². The van der Waals surface area contributed by atoms with Crippen LogP contribution in [0.4, 0.5) is 0 Å². The van der Waals surface area contributed by atoms with Crippen LogP contribution in [-0.2, 0) is 13.5 Å². The number of rotatable bonds is 4. The summed E-state index contributed by atoms with van der Waals surface area (Å²) < 4.78 is 1.91. The molecule has 1 aliphatic carbocycles. The molecule has 4 heteroatoms. The van der Waals surface area contributed by atoms with Crippen molar-refractivity contribution < 1.29 is 0 Å². The van der Waals surface area contributed by atoms with Crippen LogP contribution in [0.1, 0.15) is 51.5 Å². The fourth-order valence-electron chi connectivity index (χ4n) is 4.08. The van der Waals surface area contributed by atoms with Crippen molar-refractivity contribution in [1.82, 2.24) is 20.0 Å². The molecule has 1 aromatic rings. The van der Waals surface area contributed by atoms with E-state index in [1.54, 1.807) is 0 Å². The molecular weight excluding hydrogens is 260 g/mol. The second-order valence-electron chi connectivity index (χ2n) is 7.39. The Kier molecular flexibility index (Phi) is 4.10. The number of aromatic nitrogens is 2. The van der Waals surface area contributed by atoms with Crippen LogP contribution in [0, 0.1) is 0 Å². The monoisotopic (exact) mass is 290 g/mol. The van der Waals surface area contributed by atoms with E-state index in [9.17, 15) is 0 Å². The number of piperazine rings is 1. The molecule has 2 aliphatic rings. The summed E-state index contributed by atoms with van der Waals surface area (Å²) in [5.74, 6) is 0. The van der Waals surface area contributed by atoms with Gasteiger partial charge in [0.2, 0.25) is 0 Å². The minimum Gasteiger partial charge on any atom is -0.308 e. The van der Waals surface area contributed by atoms with Gasteiger partial charge in [-0.05, 0) is 38.2 Å². The van der Waals surface area contributed by atoms with Gasteiger partial charge in [0.25, 0.3) is 0 Å². The summed E-state index contributed by atoms with van der Waals surface area (Å²) in [4.78, 5) is 2.80. The summed E-state index contributed by atoms with van der Waals surface area (Å²) >= 11 is 0. The molecule has 1 spiro atoms. The van der Waals surface area contributed by atoms with Crippen LogP contribution in [-0.4, -0.2) is 45.4 Å². The predicted molar refractivity (Wildman–Crippen MR) is 86.4 cm³/mol. The zero-order valence-corrected chi connectivity index (χ0v) is 13.9. The number of hydrogen-bond donors (Lipinski definition) is 1. The van der Waals surface area contributed by atoms with E-state index < -0.39 is 0 Å². The van der Waals surface area contributed by atoms with E-state index in [0.29, 0.717) is 5.54 Å². The standard InChI is InChI=1S/C17H30N4/c1-4-16(2)14-21(10-7-15-11-19-20(3)12-15)17(13-18-16)8-5-6-9-17/h11-12,18H,4-10,13-14H2,1-3H3. The van der Waals surface area contributed by atoms with Gasteiger partial charge in [-0.3, -0.25) is 9.58 Å². The Morgan fingerprint density at radius 3 is 2.71 bits per heavy atom. The lowest BCUT2D eigenvalue weighted by molar-refractivity contribution is 0.0128. The molecule has 21 heavy (non-hydrogen) atoms. The Labute approximate surface area is 128 Å². The topological polar surface area (TPSA) is 33.1 Å². The van der Waals surface area contributed by atoms with E-state index in [0.717, 1.165) is 6.42 Å². The molecule has 118 valence electrons. The normalized spacial score (nSPS) is 29.3. The molecular formula is C17H30N4. The van der Waals surface area contributed by atoms with Gasteiger partial charge in [0.15, 0.2) is 0 Å². The smallest absolute Gasteiger partial charge is 0.0522 e. The summed E-state index contributed by atoms with van der Waals surface area (Å²) in [7, 11) is 2.00. The molecule has 1 atom stereocenters. The van der Waals surface area contributed by atoms with Gasteiger partial charge in [0, 0.05) is 44.0 Å². The average molecular weight is 290 g/mol. The highest BCUT2D eigenvalue weighted by molar-refractivity contribution is 5.08. The Morgan fingerprint density at radius 2 is 2.10 bits per heavy atom. The van der Waals surface area contributed by atoms with Gasteiger partial charge in [-0.15, -0.1) is 0 Å². The highest BCUT2D eigenvalue weighted by Gasteiger charge is 2.46. The van der Waals surface area contributed by atoms with E-state index in [1.165, 1.54) is 57.3 Å². The van der Waals surface area contributed by atoms with Crippen LogP contribution in [0.25, 0.3) is 0 Å². The molecule has 1 saturated carbocycles. The second-order valence-corrected chi connectivity index (χ2v) is 7.39. The van der Waals surface area contributed by atoms with Gasteiger partial charge in [0.1, 0.15) is 0 Å². The Morgan fingerprint density at radius 1 is 1.33 bits per heavy atom. The van der Waals surface area contributed by atoms with Crippen LogP contribution >= 0.6 is 0 Å². The fourth-order valence-corrected chi connectivity index (χ4v) is 4.08. The van der Waals surface area contributed by atoms with Crippen molar-refractivity contribution in [2.45, 2.75) is 63.5 Å². The summed E-state index contributed by atoms with van der Waals surface area (Å²) in [6.07, 6.45) is 12.0. The lowest BCUT2D eigenvalue weighted by atomic mass is 9.84. The number of nitrogens with zero attached hydrogens (tertiary/aromatic N) is 3. The third-order valence-electron chi connectivity index (χ3n) is 5.80. The summed E-state index contributed by atoms with van der Waals surface area (Å²) in [5, 5.41) is 8.15. The van der Waals surface area contributed by atoms with Crippen molar-refractivity contribution in [2.24, 2.45) is 7.05 Å². The molecule has 1 N–H and O–H groups in total. The molecule has 2 fully saturated rings. The van der Waals surface area contributed by atoms with Crippen molar-refractivity contribution in [1.29, 1.82) is 0 Å². The van der Waals surface area contributed by atoms with Gasteiger partial charge in [0.05, 0.1) is 6.20 Å². The maximum Gasteiger partial charge on any atom is 0.0522 e. The van der Waals surface area contributed by atoms with E-state index in [1.807, 2.05) is 17.9 Å². The van der Waals surface area contributed by atoms with Crippen molar-refractivity contribution in [3.63, 3.8) is 0 Å². The molecule has 1 aromatic heterocycles. The van der Waals surface area contributed by atoms with Crippen LogP contribution < -0.4 is 5.32 Å². The summed E-state index contributed by atoms with van der Waals surface area (Å²) in [6.45, 7) is 8.21. The maximum atomic E-state index is 4.30. The largest absolute Gasteiger partial charge is 0.308 e. The molecule has 0 amide bonds. The van der Waals surface area contributed by atoms with Gasteiger partial charge in [-0.25, -0.2) is 0 Å². The van der Waals surface area contributed by atoms with Crippen molar-refractivity contribution in [2.75, 3.05) is 19.6 Å². The minimum atomic E-state index is 0.281. The molecule has 3 rings (SSSR count). The zero-order chi connectivity index (χ0) is 14.9.